The number of rotatable bonds is 5. The Labute approximate surface area is 101 Å². The highest BCUT2D eigenvalue weighted by molar-refractivity contribution is 5.93. The molecular formula is C13H18N2O2. The van der Waals surface area contributed by atoms with Crippen LogP contribution in [-0.2, 0) is 11.3 Å². The largest absolute Gasteiger partial charge is 0.344 e. The van der Waals surface area contributed by atoms with Crippen LogP contribution in [0.1, 0.15) is 37.0 Å². The third-order valence-electron chi connectivity index (χ3n) is 3.12. The Morgan fingerprint density at radius 1 is 1.47 bits per heavy atom. The minimum atomic E-state index is 0.0331. The van der Waals surface area contributed by atoms with Gasteiger partial charge in [-0.25, -0.2) is 0 Å². The molecule has 4 heteroatoms. The summed E-state index contributed by atoms with van der Waals surface area (Å²) in [6, 6.07) is 2.21. The second-order valence-corrected chi connectivity index (χ2v) is 4.54. The fourth-order valence-electron chi connectivity index (χ4n) is 2.02. The minimum absolute atomic E-state index is 0.0331. The van der Waals surface area contributed by atoms with Crippen molar-refractivity contribution in [3.8, 4) is 0 Å². The van der Waals surface area contributed by atoms with Crippen LogP contribution in [0.3, 0.4) is 0 Å². The van der Waals surface area contributed by atoms with E-state index in [4.69, 9.17) is 0 Å². The number of carbonyl (C=O) groups excluding carboxylic acids is 2. The van der Waals surface area contributed by atoms with Gasteiger partial charge in [-0.3, -0.25) is 9.59 Å². The molecule has 1 aliphatic rings. The summed E-state index contributed by atoms with van der Waals surface area (Å²) in [6.07, 6.45) is 5.78. The molecule has 0 atom stereocenters. The van der Waals surface area contributed by atoms with E-state index in [0.717, 1.165) is 19.4 Å². The molecule has 0 aromatic carbocycles. The predicted octanol–water partition coefficient (Wildman–Crippen LogP) is 1.70. The van der Waals surface area contributed by atoms with Gasteiger partial charge in [-0.1, -0.05) is 0 Å². The van der Waals surface area contributed by atoms with E-state index >= 15 is 0 Å². The molecule has 1 amide bonds. The lowest BCUT2D eigenvalue weighted by molar-refractivity contribution is -0.132. The average Bonchev–Trinajstić information content (AvgIpc) is 2.98. The fourth-order valence-corrected chi connectivity index (χ4v) is 2.02. The maximum atomic E-state index is 12.0. The molecule has 0 unspecified atom stereocenters. The number of carbonyl (C=O) groups is 2. The van der Waals surface area contributed by atoms with E-state index in [0.29, 0.717) is 18.2 Å². The van der Waals surface area contributed by atoms with Crippen molar-refractivity contribution in [1.29, 1.82) is 0 Å². The van der Waals surface area contributed by atoms with Gasteiger partial charge in [0, 0.05) is 30.5 Å². The van der Waals surface area contributed by atoms with E-state index in [2.05, 4.69) is 0 Å². The minimum Gasteiger partial charge on any atom is -0.344 e. The summed E-state index contributed by atoms with van der Waals surface area (Å²) >= 11 is 0. The van der Waals surface area contributed by atoms with Crippen LogP contribution in [0.15, 0.2) is 18.5 Å². The van der Waals surface area contributed by atoms with E-state index in [1.807, 2.05) is 11.8 Å². The molecule has 0 bridgehead atoms. The molecular weight excluding hydrogens is 216 g/mol. The number of aromatic nitrogens is 1. The number of ketones is 1. The first kappa shape index (κ1) is 11.9. The van der Waals surface area contributed by atoms with E-state index in [9.17, 15) is 9.59 Å². The van der Waals surface area contributed by atoms with Gasteiger partial charge < -0.3 is 9.47 Å². The van der Waals surface area contributed by atoms with Crippen LogP contribution in [-0.4, -0.2) is 33.7 Å². The Morgan fingerprint density at radius 2 is 2.18 bits per heavy atom. The van der Waals surface area contributed by atoms with Gasteiger partial charge in [0.1, 0.15) is 6.54 Å². The zero-order valence-corrected chi connectivity index (χ0v) is 10.3. The Hall–Kier alpha value is -1.58. The smallest absolute Gasteiger partial charge is 0.242 e. The average molecular weight is 234 g/mol. The number of likely N-dealkylation sites (N-methyl/N-ethyl adjacent to an activating group) is 1. The van der Waals surface area contributed by atoms with Gasteiger partial charge in [0.15, 0.2) is 5.78 Å². The summed E-state index contributed by atoms with van der Waals surface area (Å²) in [7, 11) is 0. The van der Waals surface area contributed by atoms with Gasteiger partial charge in [-0.2, -0.15) is 0 Å². The Balaban J connectivity index is 1.99. The molecule has 1 aromatic rings. The summed E-state index contributed by atoms with van der Waals surface area (Å²) in [5, 5.41) is 0. The molecule has 0 spiro atoms. The van der Waals surface area contributed by atoms with E-state index in [1.165, 1.54) is 6.92 Å². The molecule has 92 valence electrons. The van der Waals surface area contributed by atoms with Crippen LogP contribution in [0, 0.1) is 0 Å². The van der Waals surface area contributed by atoms with Crippen molar-refractivity contribution < 1.29 is 9.59 Å². The molecule has 1 heterocycles. The molecule has 1 aromatic heterocycles. The van der Waals surface area contributed by atoms with Gasteiger partial charge in [0.05, 0.1) is 0 Å². The zero-order chi connectivity index (χ0) is 12.4. The lowest BCUT2D eigenvalue weighted by Gasteiger charge is -2.20. The SMILES string of the molecule is CCN(C(=O)Cn1ccc(C(C)=O)c1)C1CC1. The highest BCUT2D eigenvalue weighted by atomic mass is 16.2. The van der Waals surface area contributed by atoms with Crippen molar-refractivity contribution in [2.24, 2.45) is 0 Å². The molecule has 4 nitrogen and oxygen atoms in total. The Morgan fingerprint density at radius 3 is 2.65 bits per heavy atom. The lowest BCUT2D eigenvalue weighted by atomic mass is 10.2. The molecule has 1 fully saturated rings. The molecule has 0 aliphatic heterocycles. The van der Waals surface area contributed by atoms with Crippen LogP contribution < -0.4 is 0 Å². The number of hydrogen-bond acceptors (Lipinski definition) is 2. The maximum Gasteiger partial charge on any atom is 0.242 e. The third kappa shape index (κ3) is 2.75. The molecule has 0 N–H and O–H groups in total. The molecule has 17 heavy (non-hydrogen) atoms. The molecule has 1 saturated carbocycles. The summed E-state index contributed by atoms with van der Waals surface area (Å²) in [6.45, 7) is 4.64. The van der Waals surface area contributed by atoms with E-state index in [1.54, 1.807) is 23.0 Å². The second-order valence-electron chi connectivity index (χ2n) is 4.54. The third-order valence-corrected chi connectivity index (χ3v) is 3.12. The molecule has 0 saturated heterocycles. The standard InChI is InChI=1S/C13H18N2O2/c1-3-15(12-4-5-12)13(17)9-14-7-6-11(8-14)10(2)16/h6-8,12H,3-5,9H2,1-2H3. The van der Waals surface area contributed by atoms with Crippen molar-refractivity contribution in [2.45, 2.75) is 39.3 Å². The predicted molar refractivity (Wildman–Crippen MR) is 64.8 cm³/mol. The van der Waals surface area contributed by atoms with Crippen LogP contribution in [0.5, 0.6) is 0 Å². The first-order valence-electron chi connectivity index (χ1n) is 6.08. The van der Waals surface area contributed by atoms with E-state index in [-0.39, 0.29) is 11.7 Å². The monoisotopic (exact) mass is 234 g/mol. The summed E-state index contributed by atoms with van der Waals surface area (Å²) in [4.78, 5) is 25.1. The number of amides is 1. The number of Topliss-reactive ketones (excluding diaryl/α,β-unsaturated/α-hetero) is 1. The quantitative estimate of drug-likeness (QED) is 0.728. The van der Waals surface area contributed by atoms with Gasteiger partial charge >= 0.3 is 0 Å². The van der Waals surface area contributed by atoms with Gasteiger partial charge in [0.25, 0.3) is 0 Å². The van der Waals surface area contributed by atoms with E-state index < -0.39 is 0 Å². The first-order valence-corrected chi connectivity index (χ1v) is 6.08. The Bertz CT molecular complexity index is 432. The summed E-state index contributed by atoms with van der Waals surface area (Å²) < 4.78 is 1.78. The van der Waals surface area contributed by atoms with Gasteiger partial charge in [-0.15, -0.1) is 0 Å². The van der Waals surface area contributed by atoms with Crippen LogP contribution in [0.25, 0.3) is 0 Å². The van der Waals surface area contributed by atoms with Crippen molar-refractivity contribution >= 4 is 11.7 Å². The van der Waals surface area contributed by atoms with Crippen LogP contribution >= 0.6 is 0 Å². The van der Waals surface area contributed by atoms with Crippen LogP contribution in [0.2, 0.25) is 0 Å². The lowest BCUT2D eigenvalue weighted by Crippen LogP contribution is -2.35. The number of nitrogens with zero attached hydrogens (tertiary/aromatic N) is 2. The maximum absolute atomic E-state index is 12.0. The van der Waals surface area contributed by atoms with Crippen molar-refractivity contribution in [3.05, 3.63) is 24.0 Å². The van der Waals surface area contributed by atoms with Crippen molar-refractivity contribution in [3.63, 3.8) is 0 Å². The molecule has 1 aliphatic carbocycles. The van der Waals surface area contributed by atoms with Gasteiger partial charge in [0.2, 0.25) is 5.91 Å². The van der Waals surface area contributed by atoms with Crippen molar-refractivity contribution in [2.75, 3.05) is 6.54 Å². The summed E-state index contributed by atoms with van der Waals surface area (Å²) in [5.41, 5.74) is 0.660. The summed E-state index contributed by atoms with van der Waals surface area (Å²) in [5.74, 6) is 0.173. The van der Waals surface area contributed by atoms with Crippen LogP contribution in [0.4, 0.5) is 0 Å². The first-order chi connectivity index (χ1) is 8.11. The second kappa shape index (κ2) is 4.73. The Kier molecular flexibility index (Phi) is 3.31. The fraction of sp³-hybridized carbons (Fsp3) is 0.538. The molecule has 0 radical (unpaired) electrons. The number of hydrogen-bond donors (Lipinski definition) is 0. The molecule has 2 rings (SSSR count). The highest BCUT2D eigenvalue weighted by Gasteiger charge is 2.31. The topological polar surface area (TPSA) is 42.3 Å². The highest BCUT2D eigenvalue weighted by Crippen LogP contribution is 2.26. The normalized spacial score (nSPS) is 14.7. The van der Waals surface area contributed by atoms with Gasteiger partial charge in [-0.05, 0) is 32.8 Å². The zero-order valence-electron chi connectivity index (χ0n) is 10.3. The van der Waals surface area contributed by atoms with Crippen molar-refractivity contribution in [1.82, 2.24) is 9.47 Å².